The summed E-state index contributed by atoms with van der Waals surface area (Å²) < 4.78 is 27.5. The molecule has 8 nitrogen and oxygen atoms in total. The Hall–Kier alpha value is -2.78. The van der Waals surface area contributed by atoms with E-state index in [0.717, 1.165) is 18.5 Å². The lowest BCUT2D eigenvalue weighted by Crippen LogP contribution is -2.48. The highest BCUT2D eigenvalue weighted by atomic mass is 32.2. The number of hydrogen-bond donors (Lipinski definition) is 0. The number of carbonyl (C=O) groups is 1. The lowest BCUT2D eigenvalue weighted by atomic mass is 9.93. The summed E-state index contributed by atoms with van der Waals surface area (Å²) in [6, 6.07) is 10.8. The standard InChI is InChI=1S/C22H25N3O5S/c1-16-5-2-8-21-20(16)7-4-14-24(21)22(26)17-6-3-13-23(15-17)31(29,30)19-11-9-18(10-12-19)25(27)28/h2,5,8-12,17H,3-4,6-7,13-15H2,1H3. The van der Waals surface area contributed by atoms with Gasteiger partial charge in [-0.15, -0.1) is 0 Å². The van der Waals surface area contributed by atoms with Gasteiger partial charge in [0.05, 0.1) is 15.7 Å². The van der Waals surface area contributed by atoms with Gasteiger partial charge in [-0.05, 0) is 61.9 Å². The van der Waals surface area contributed by atoms with Crippen LogP contribution < -0.4 is 4.90 Å². The van der Waals surface area contributed by atoms with E-state index in [4.69, 9.17) is 0 Å². The van der Waals surface area contributed by atoms with Crippen LogP contribution in [0.15, 0.2) is 47.4 Å². The van der Waals surface area contributed by atoms with E-state index in [2.05, 4.69) is 0 Å². The van der Waals surface area contributed by atoms with Crippen molar-refractivity contribution in [1.29, 1.82) is 0 Å². The number of hydrogen-bond acceptors (Lipinski definition) is 5. The van der Waals surface area contributed by atoms with Gasteiger partial charge >= 0.3 is 0 Å². The van der Waals surface area contributed by atoms with Crippen LogP contribution in [0.2, 0.25) is 0 Å². The van der Waals surface area contributed by atoms with Crippen LogP contribution in [-0.2, 0) is 21.2 Å². The molecule has 1 fully saturated rings. The van der Waals surface area contributed by atoms with Gasteiger partial charge in [0.25, 0.3) is 5.69 Å². The maximum absolute atomic E-state index is 13.4. The zero-order chi connectivity index (χ0) is 22.2. The van der Waals surface area contributed by atoms with Crippen LogP contribution in [0.1, 0.15) is 30.4 Å². The molecule has 2 aliphatic heterocycles. The van der Waals surface area contributed by atoms with Crippen LogP contribution >= 0.6 is 0 Å². The number of amides is 1. The molecule has 4 rings (SSSR count). The van der Waals surface area contributed by atoms with Gasteiger partial charge in [-0.1, -0.05) is 12.1 Å². The molecule has 2 aliphatic rings. The molecule has 0 saturated carbocycles. The quantitative estimate of drug-likeness (QED) is 0.533. The Morgan fingerprint density at radius 3 is 2.55 bits per heavy atom. The Labute approximate surface area is 181 Å². The third-order valence-corrected chi connectivity index (χ3v) is 8.05. The summed E-state index contributed by atoms with van der Waals surface area (Å²) in [5, 5.41) is 10.8. The normalized spacial score (nSPS) is 19.6. The first-order valence-corrected chi connectivity index (χ1v) is 11.9. The molecule has 1 amide bonds. The van der Waals surface area contributed by atoms with Gasteiger partial charge in [0, 0.05) is 37.5 Å². The summed E-state index contributed by atoms with van der Waals surface area (Å²) in [4.78, 5) is 25.5. The van der Waals surface area contributed by atoms with E-state index in [1.165, 1.54) is 39.7 Å². The number of piperidine rings is 1. The molecule has 0 radical (unpaired) electrons. The Bertz CT molecular complexity index is 1110. The summed E-state index contributed by atoms with van der Waals surface area (Å²) in [5.41, 5.74) is 3.13. The number of aryl methyl sites for hydroxylation is 1. The maximum Gasteiger partial charge on any atom is 0.269 e. The van der Waals surface area contributed by atoms with E-state index in [1.807, 2.05) is 30.0 Å². The zero-order valence-corrected chi connectivity index (χ0v) is 18.2. The fraction of sp³-hybridized carbons (Fsp3) is 0.409. The van der Waals surface area contributed by atoms with E-state index >= 15 is 0 Å². The van der Waals surface area contributed by atoms with Gasteiger partial charge in [0.1, 0.15) is 0 Å². The summed E-state index contributed by atoms with van der Waals surface area (Å²) in [5.74, 6) is -0.441. The number of anilines is 1. The number of fused-ring (bicyclic) bond motifs is 1. The molecule has 31 heavy (non-hydrogen) atoms. The number of non-ortho nitro benzene ring substituents is 1. The van der Waals surface area contributed by atoms with Crippen LogP contribution in [-0.4, -0.2) is 43.2 Å². The lowest BCUT2D eigenvalue weighted by Gasteiger charge is -2.37. The Balaban J connectivity index is 1.54. The van der Waals surface area contributed by atoms with Crippen LogP contribution in [0.5, 0.6) is 0 Å². The maximum atomic E-state index is 13.4. The smallest absolute Gasteiger partial charge is 0.269 e. The Morgan fingerprint density at radius 2 is 1.84 bits per heavy atom. The molecule has 0 aromatic heterocycles. The van der Waals surface area contributed by atoms with Crippen molar-refractivity contribution in [2.45, 2.75) is 37.5 Å². The fourth-order valence-electron chi connectivity index (χ4n) is 4.50. The first kappa shape index (κ1) is 21.5. The number of rotatable bonds is 4. The van der Waals surface area contributed by atoms with Crippen molar-refractivity contribution in [2.75, 3.05) is 24.5 Å². The molecule has 0 aliphatic carbocycles. The first-order valence-electron chi connectivity index (χ1n) is 10.4. The van der Waals surface area contributed by atoms with Crippen molar-refractivity contribution in [3.8, 4) is 0 Å². The number of nitrogens with zero attached hydrogens (tertiary/aromatic N) is 3. The minimum atomic E-state index is -3.83. The minimum absolute atomic E-state index is 0.00476. The molecule has 2 aromatic rings. The molecule has 0 spiro atoms. The van der Waals surface area contributed by atoms with E-state index in [1.54, 1.807) is 0 Å². The highest BCUT2D eigenvalue weighted by Crippen LogP contribution is 2.33. The SMILES string of the molecule is Cc1cccc2c1CCCN2C(=O)C1CCCN(S(=O)(=O)c2ccc([N+](=O)[O-])cc2)C1. The third kappa shape index (κ3) is 4.07. The fourth-order valence-corrected chi connectivity index (χ4v) is 6.02. The highest BCUT2D eigenvalue weighted by Gasteiger charge is 2.36. The molecule has 164 valence electrons. The van der Waals surface area contributed by atoms with Gasteiger partial charge in [-0.25, -0.2) is 8.42 Å². The number of benzene rings is 2. The molecule has 0 bridgehead atoms. The average Bonchev–Trinajstić information content (AvgIpc) is 2.78. The van der Waals surface area contributed by atoms with Crippen LogP contribution in [0.25, 0.3) is 0 Å². The molecule has 0 N–H and O–H groups in total. The topological polar surface area (TPSA) is 101 Å². The lowest BCUT2D eigenvalue weighted by molar-refractivity contribution is -0.384. The predicted octanol–water partition coefficient (Wildman–Crippen LogP) is 3.28. The Kier molecular flexibility index (Phi) is 5.81. The second-order valence-corrected chi connectivity index (χ2v) is 10.1. The Morgan fingerprint density at radius 1 is 1.10 bits per heavy atom. The monoisotopic (exact) mass is 443 g/mol. The minimum Gasteiger partial charge on any atom is -0.312 e. The molecular weight excluding hydrogens is 418 g/mol. The number of sulfonamides is 1. The molecule has 9 heteroatoms. The van der Waals surface area contributed by atoms with E-state index in [9.17, 15) is 23.3 Å². The molecular formula is C22H25N3O5S. The van der Waals surface area contributed by atoms with Crippen molar-refractivity contribution in [3.63, 3.8) is 0 Å². The summed E-state index contributed by atoms with van der Waals surface area (Å²) in [7, 11) is -3.83. The van der Waals surface area contributed by atoms with Crippen LogP contribution in [0, 0.1) is 23.0 Å². The van der Waals surface area contributed by atoms with Gasteiger partial charge < -0.3 is 4.90 Å². The number of nitro benzene ring substituents is 1. The number of carbonyl (C=O) groups excluding carboxylic acids is 1. The van der Waals surface area contributed by atoms with Crippen LogP contribution in [0.3, 0.4) is 0 Å². The largest absolute Gasteiger partial charge is 0.312 e. The summed E-state index contributed by atoms with van der Waals surface area (Å²) in [6.07, 6.45) is 3.07. The van der Waals surface area contributed by atoms with Gasteiger partial charge in [-0.2, -0.15) is 4.31 Å². The second kappa shape index (κ2) is 8.39. The molecule has 1 atom stereocenters. The van der Waals surface area contributed by atoms with Crippen molar-refractivity contribution in [1.82, 2.24) is 4.31 Å². The summed E-state index contributed by atoms with van der Waals surface area (Å²) in [6.45, 7) is 3.14. The van der Waals surface area contributed by atoms with Gasteiger partial charge in [0.2, 0.25) is 15.9 Å². The van der Waals surface area contributed by atoms with Gasteiger partial charge in [-0.3, -0.25) is 14.9 Å². The molecule has 2 heterocycles. The zero-order valence-electron chi connectivity index (χ0n) is 17.4. The second-order valence-electron chi connectivity index (χ2n) is 8.12. The van der Waals surface area contributed by atoms with Crippen molar-refractivity contribution < 1.29 is 18.1 Å². The molecule has 1 unspecified atom stereocenters. The first-order chi connectivity index (χ1) is 14.8. The van der Waals surface area contributed by atoms with Crippen LogP contribution in [0.4, 0.5) is 11.4 Å². The van der Waals surface area contributed by atoms with Crippen molar-refractivity contribution in [2.24, 2.45) is 5.92 Å². The van der Waals surface area contributed by atoms with E-state index in [-0.39, 0.29) is 23.0 Å². The molecule has 1 saturated heterocycles. The average molecular weight is 444 g/mol. The predicted molar refractivity (Wildman–Crippen MR) is 116 cm³/mol. The highest BCUT2D eigenvalue weighted by molar-refractivity contribution is 7.89. The summed E-state index contributed by atoms with van der Waals surface area (Å²) >= 11 is 0. The van der Waals surface area contributed by atoms with Crippen molar-refractivity contribution >= 4 is 27.3 Å². The third-order valence-electron chi connectivity index (χ3n) is 6.17. The van der Waals surface area contributed by atoms with Crippen molar-refractivity contribution in [3.05, 3.63) is 63.7 Å². The number of nitro groups is 1. The van der Waals surface area contributed by atoms with E-state index < -0.39 is 20.9 Å². The van der Waals surface area contributed by atoms with E-state index in [0.29, 0.717) is 25.9 Å². The van der Waals surface area contributed by atoms with Gasteiger partial charge in [0.15, 0.2) is 0 Å². The molecule has 2 aromatic carbocycles.